The summed E-state index contributed by atoms with van der Waals surface area (Å²) in [4.78, 5) is 29.6. The fourth-order valence-corrected chi connectivity index (χ4v) is 3.48. The summed E-state index contributed by atoms with van der Waals surface area (Å²) in [6.07, 6.45) is 1.22. The Labute approximate surface area is 188 Å². The summed E-state index contributed by atoms with van der Waals surface area (Å²) in [5, 5.41) is 0. The van der Waals surface area contributed by atoms with Crippen LogP contribution in [0.1, 0.15) is 11.1 Å². The zero-order valence-corrected chi connectivity index (χ0v) is 18.6. The van der Waals surface area contributed by atoms with Crippen LogP contribution >= 0.6 is 11.6 Å². The molecule has 1 aliphatic heterocycles. The van der Waals surface area contributed by atoms with Crippen LogP contribution in [0.3, 0.4) is 0 Å². The number of halogens is 1. The fourth-order valence-electron chi connectivity index (χ4n) is 3.24. The summed E-state index contributed by atoms with van der Waals surface area (Å²) < 4.78 is 10.9. The van der Waals surface area contributed by atoms with Gasteiger partial charge in [0.15, 0.2) is 0 Å². The third kappa shape index (κ3) is 6.84. The van der Waals surface area contributed by atoms with Crippen molar-refractivity contribution >= 4 is 23.5 Å². The van der Waals surface area contributed by atoms with E-state index in [1.165, 1.54) is 6.08 Å². The monoisotopic (exact) mass is 442 g/mol. The topological polar surface area (TPSA) is 59.1 Å². The van der Waals surface area contributed by atoms with Gasteiger partial charge in [-0.25, -0.2) is 9.59 Å². The lowest BCUT2D eigenvalue weighted by Crippen LogP contribution is -2.48. The Morgan fingerprint density at radius 1 is 0.871 bits per heavy atom. The highest BCUT2D eigenvalue weighted by atomic mass is 35.5. The molecule has 0 saturated carbocycles. The van der Waals surface area contributed by atoms with Gasteiger partial charge in [0.2, 0.25) is 0 Å². The van der Waals surface area contributed by atoms with Crippen LogP contribution < -0.4 is 9.47 Å². The second-order valence-electron chi connectivity index (χ2n) is 7.48. The van der Waals surface area contributed by atoms with Crippen LogP contribution in [0.2, 0.25) is 0 Å². The number of hydrogen-bond donors (Lipinski definition) is 0. The number of ether oxygens (including phenoxy) is 2. The van der Waals surface area contributed by atoms with Gasteiger partial charge in [-0.1, -0.05) is 35.4 Å². The van der Waals surface area contributed by atoms with E-state index in [0.29, 0.717) is 30.5 Å². The number of benzene rings is 2. The number of hydrogen-bond acceptors (Lipinski definition) is 6. The van der Waals surface area contributed by atoms with E-state index < -0.39 is 11.9 Å². The summed E-state index contributed by atoms with van der Waals surface area (Å²) in [5.74, 6) is 0.193. The molecule has 1 heterocycles. The van der Waals surface area contributed by atoms with Crippen molar-refractivity contribution in [3.63, 3.8) is 0 Å². The molecule has 0 amide bonds. The zero-order chi connectivity index (χ0) is 22.2. The molecule has 0 bridgehead atoms. The molecule has 1 fully saturated rings. The molecule has 7 heteroatoms. The van der Waals surface area contributed by atoms with Crippen LogP contribution in [-0.4, -0.2) is 60.3 Å². The predicted octanol–water partition coefficient (Wildman–Crippen LogP) is 3.55. The van der Waals surface area contributed by atoms with Gasteiger partial charge < -0.3 is 14.4 Å². The molecule has 3 rings (SSSR count). The maximum Gasteiger partial charge on any atom is 0.360 e. The van der Waals surface area contributed by atoms with Crippen LogP contribution in [0.5, 0.6) is 11.5 Å². The Hall–Kier alpha value is -2.83. The van der Waals surface area contributed by atoms with Gasteiger partial charge in [0, 0.05) is 38.6 Å². The molecule has 2 aromatic carbocycles. The van der Waals surface area contributed by atoms with Gasteiger partial charge in [0.1, 0.15) is 17.2 Å². The van der Waals surface area contributed by atoms with Gasteiger partial charge in [-0.3, -0.25) is 4.90 Å². The van der Waals surface area contributed by atoms with Crippen molar-refractivity contribution in [2.75, 3.05) is 38.6 Å². The lowest BCUT2D eigenvalue weighted by molar-refractivity contribution is -0.134. The number of esters is 2. The first-order valence-corrected chi connectivity index (χ1v) is 10.8. The van der Waals surface area contributed by atoms with E-state index in [9.17, 15) is 9.59 Å². The van der Waals surface area contributed by atoms with Gasteiger partial charge in [-0.05, 0) is 38.1 Å². The largest absolute Gasteiger partial charge is 0.423 e. The number of carbonyl (C=O) groups is 2. The number of rotatable bonds is 7. The lowest BCUT2D eigenvalue weighted by Gasteiger charge is -2.36. The molecule has 0 N–H and O–H groups in total. The van der Waals surface area contributed by atoms with Gasteiger partial charge in [-0.15, -0.1) is 11.6 Å². The third-order valence-corrected chi connectivity index (χ3v) is 5.22. The molecule has 6 nitrogen and oxygen atoms in total. The van der Waals surface area contributed by atoms with Crippen molar-refractivity contribution < 1.29 is 19.1 Å². The second-order valence-corrected chi connectivity index (χ2v) is 7.86. The highest BCUT2D eigenvalue weighted by molar-refractivity contribution is 6.18. The molecule has 0 aromatic heterocycles. The van der Waals surface area contributed by atoms with E-state index in [-0.39, 0.29) is 5.70 Å². The lowest BCUT2D eigenvalue weighted by atomic mass is 10.2. The standard InChI is InChI=1S/C24H27ClN2O4/c1-18-3-7-20(8-4-18)30-23(28)17-22(27-15-13-26(12-11-25)14-16-27)24(29)31-21-9-5-19(2)6-10-21/h3-10,17H,11-16H2,1-2H3/b22-17+. The van der Waals surface area contributed by atoms with E-state index in [1.807, 2.05) is 43.0 Å². The SMILES string of the molecule is Cc1ccc(OC(=O)/C=C(\C(=O)Oc2ccc(C)cc2)N2CCN(CCCl)CC2)cc1. The Bertz CT molecular complexity index is 918. The van der Waals surface area contributed by atoms with E-state index in [2.05, 4.69) is 4.90 Å². The maximum absolute atomic E-state index is 13.0. The summed E-state index contributed by atoms with van der Waals surface area (Å²) in [5.41, 5.74) is 2.31. The Morgan fingerprint density at radius 2 is 1.39 bits per heavy atom. The van der Waals surface area contributed by atoms with Crippen molar-refractivity contribution in [1.29, 1.82) is 0 Å². The highest BCUT2D eigenvalue weighted by Crippen LogP contribution is 2.18. The molecule has 0 atom stereocenters. The molecule has 164 valence electrons. The summed E-state index contributed by atoms with van der Waals surface area (Å²) in [6, 6.07) is 14.3. The smallest absolute Gasteiger partial charge is 0.360 e. The second kappa shape index (κ2) is 11.0. The number of carbonyl (C=O) groups excluding carboxylic acids is 2. The Balaban J connectivity index is 1.76. The minimum atomic E-state index is -0.622. The third-order valence-electron chi connectivity index (χ3n) is 5.05. The molecule has 0 spiro atoms. The number of alkyl halides is 1. The molecule has 0 radical (unpaired) electrons. The van der Waals surface area contributed by atoms with Crippen LogP contribution in [-0.2, 0) is 9.59 Å². The Morgan fingerprint density at radius 3 is 1.90 bits per heavy atom. The van der Waals surface area contributed by atoms with Crippen LogP contribution in [0.25, 0.3) is 0 Å². The number of aryl methyl sites for hydroxylation is 2. The summed E-state index contributed by atoms with van der Waals surface area (Å²) >= 11 is 5.84. The molecule has 31 heavy (non-hydrogen) atoms. The highest BCUT2D eigenvalue weighted by Gasteiger charge is 2.25. The van der Waals surface area contributed by atoms with Crippen LogP contribution in [0.4, 0.5) is 0 Å². The van der Waals surface area contributed by atoms with Crippen LogP contribution in [0.15, 0.2) is 60.3 Å². The molecule has 1 aliphatic rings. The fraction of sp³-hybridized carbons (Fsp3) is 0.333. The summed E-state index contributed by atoms with van der Waals surface area (Å²) in [7, 11) is 0. The first-order chi connectivity index (χ1) is 14.9. The van der Waals surface area contributed by atoms with Crippen molar-refractivity contribution in [3.8, 4) is 11.5 Å². The molecule has 0 unspecified atom stereocenters. The van der Waals surface area contributed by atoms with Crippen molar-refractivity contribution in [2.45, 2.75) is 13.8 Å². The van der Waals surface area contributed by atoms with E-state index >= 15 is 0 Å². The summed E-state index contributed by atoms with van der Waals surface area (Å²) in [6.45, 7) is 7.36. The van der Waals surface area contributed by atoms with E-state index in [4.69, 9.17) is 21.1 Å². The Kier molecular flexibility index (Phi) is 8.09. The van der Waals surface area contributed by atoms with E-state index in [0.717, 1.165) is 30.8 Å². The molecular weight excluding hydrogens is 416 g/mol. The van der Waals surface area contributed by atoms with Crippen molar-refractivity contribution in [1.82, 2.24) is 9.80 Å². The first kappa shape index (κ1) is 22.8. The maximum atomic E-state index is 13.0. The van der Waals surface area contributed by atoms with Gasteiger partial charge in [-0.2, -0.15) is 0 Å². The minimum Gasteiger partial charge on any atom is -0.423 e. The quantitative estimate of drug-likeness (QED) is 0.283. The first-order valence-electron chi connectivity index (χ1n) is 10.3. The van der Waals surface area contributed by atoms with Gasteiger partial charge in [0.25, 0.3) is 0 Å². The number of piperazine rings is 1. The normalized spacial score (nSPS) is 14.9. The molecule has 2 aromatic rings. The van der Waals surface area contributed by atoms with E-state index in [1.54, 1.807) is 24.3 Å². The minimum absolute atomic E-state index is 0.184. The predicted molar refractivity (Wildman–Crippen MR) is 120 cm³/mol. The van der Waals surface area contributed by atoms with Gasteiger partial charge in [0.05, 0.1) is 6.08 Å². The average Bonchev–Trinajstić information content (AvgIpc) is 2.76. The molecule has 1 saturated heterocycles. The van der Waals surface area contributed by atoms with Crippen LogP contribution in [0, 0.1) is 13.8 Å². The molecular formula is C24H27ClN2O4. The average molecular weight is 443 g/mol. The zero-order valence-electron chi connectivity index (χ0n) is 17.8. The van der Waals surface area contributed by atoms with Crippen molar-refractivity contribution in [2.24, 2.45) is 0 Å². The number of nitrogens with zero attached hydrogens (tertiary/aromatic N) is 2. The molecule has 0 aliphatic carbocycles. The van der Waals surface area contributed by atoms with Gasteiger partial charge >= 0.3 is 11.9 Å². The van der Waals surface area contributed by atoms with Crippen molar-refractivity contribution in [3.05, 3.63) is 71.4 Å².